The molecule has 1 aliphatic heterocycles. The number of hydrogen-bond acceptors (Lipinski definition) is 6. The highest BCUT2D eigenvalue weighted by atomic mass is 16.5. The van der Waals surface area contributed by atoms with Crippen LogP contribution in [0, 0.1) is 18.8 Å². The van der Waals surface area contributed by atoms with E-state index in [0.29, 0.717) is 45.9 Å². The maximum absolute atomic E-state index is 12.9. The fraction of sp³-hybridized carbons (Fsp3) is 0.0769. The summed E-state index contributed by atoms with van der Waals surface area (Å²) in [6.07, 6.45) is 7.17. The zero-order valence-electron chi connectivity index (χ0n) is 24.9. The van der Waals surface area contributed by atoms with Crippen LogP contribution < -0.4 is 23.8 Å². The van der Waals surface area contributed by atoms with E-state index < -0.39 is 11.8 Å². The molecule has 5 aromatic rings. The first kappa shape index (κ1) is 28.7. The maximum Gasteiger partial charge on any atom is 0.241 e. The molecule has 0 spiro atoms. The van der Waals surface area contributed by atoms with Crippen LogP contribution in [-0.2, 0) is 9.59 Å². The Balaban J connectivity index is 0.991. The molecule has 1 saturated heterocycles. The number of imide groups is 1. The molecule has 0 bridgehead atoms. The largest absolute Gasteiger partial charge is 0.457 e. The minimum Gasteiger partial charge on any atom is -0.457 e. The molecule has 46 heavy (non-hydrogen) atoms. The third-order valence-corrected chi connectivity index (χ3v) is 7.62. The number of carbonyl (C=O) groups is 2. The average Bonchev–Trinajstić information content (AvgIpc) is 3.32. The van der Waals surface area contributed by atoms with Crippen LogP contribution in [-0.4, -0.2) is 11.8 Å². The molecular weight excluding hydrogens is 578 g/mol. The van der Waals surface area contributed by atoms with Gasteiger partial charge in [-0.3, -0.25) is 9.59 Å². The molecule has 2 aliphatic rings. The van der Waals surface area contributed by atoms with Crippen LogP contribution in [0.3, 0.4) is 0 Å². The molecular formula is C39H29NO6. The summed E-state index contributed by atoms with van der Waals surface area (Å²) in [5.74, 6) is 3.64. The van der Waals surface area contributed by atoms with E-state index >= 15 is 0 Å². The second-order valence-electron chi connectivity index (χ2n) is 11.0. The van der Waals surface area contributed by atoms with Crippen molar-refractivity contribution >= 4 is 17.5 Å². The first-order chi connectivity index (χ1) is 22.5. The van der Waals surface area contributed by atoms with Crippen LogP contribution >= 0.6 is 0 Å². The molecule has 7 heteroatoms. The van der Waals surface area contributed by atoms with Crippen molar-refractivity contribution in [1.29, 1.82) is 0 Å². The lowest BCUT2D eigenvalue weighted by Gasteiger charge is -2.15. The number of allylic oxidation sites excluding steroid dienone is 2. The van der Waals surface area contributed by atoms with Crippen molar-refractivity contribution < 1.29 is 28.5 Å². The monoisotopic (exact) mass is 607 g/mol. The van der Waals surface area contributed by atoms with E-state index in [1.807, 2.05) is 97.9 Å². The lowest BCUT2D eigenvalue weighted by molar-refractivity contribution is -0.122. The third kappa shape index (κ3) is 6.25. The van der Waals surface area contributed by atoms with Gasteiger partial charge in [-0.05, 0) is 79.7 Å². The van der Waals surface area contributed by atoms with Gasteiger partial charge in [0.05, 0.1) is 17.5 Å². The highest BCUT2D eigenvalue weighted by Crippen LogP contribution is 2.36. The maximum atomic E-state index is 12.9. The van der Waals surface area contributed by atoms with Gasteiger partial charge in [-0.25, -0.2) is 4.90 Å². The number of carbonyl (C=O) groups excluding carboxylic acids is 2. The summed E-state index contributed by atoms with van der Waals surface area (Å²) in [5.41, 5.74) is 1.68. The highest BCUT2D eigenvalue weighted by Gasteiger charge is 2.46. The lowest BCUT2D eigenvalue weighted by Crippen LogP contribution is -2.30. The number of rotatable bonds is 9. The number of fused-ring (bicyclic) bond motifs is 1. The van der Waals surface area contributed by atoms with Crippen molar-refractivity contribution in [2.45, 2.75) is 6.92 Å². The van der Waals surface area contributed by atoms with Crippen LogP contribution in [0.1, 0.15) is 5.56 Å². The molecule has 2 amide bonds. The van der Waals surface area contributed by atoms with E-state index in [1.165, 1.54) is 10.5 Å². The number of aryl methyl sites for hydroxylation is 1. The molecule has 226 valence electrons. The summed E-state index contributed by atoms with van der Waals surface area (Å²) < 4.78 is 24.3. The predicted molar refractivity (Wildman–Crippen MR) is 175 cm³/mol. The van der Waals surface area contributed by atoms with E-state index in [2.05, 4.69) is 0 Å². The summed E-state index contributed by atoms with van der Waals surface area (Å²) in [7, 11) is 0. The fourth-order valence-corrected chi connectivity index (χ4v) is 5.36. The van der Waals surface area contributed by atoms with Gasteiger partial charge in [-0.2, -0.15) is 0 Å². The predicted octanol–water partition coefficient (Wildman–Crippen LogP) is 9.40. The van der Waals surface area contributed by atoms with Crippen molar-refractivity contribution in [2.75, 3.05) is 4.90 Å². The third-order valence-electron chi connectivity index (χ3n) is 7.62. The first-order valence-electron chi connectivity index (χ1n) is 14.9. The summed E-state index contributed by atoms with van der Waals surface area (Å²) in [6.45, 7) is 2.03. The van der Waals surface area contributed by atoms with Gasteiger partial charge in [0.2, 0.25) is 11.8 Å². The van der Waals surface area contributed by atoms with Crippen LogP contribution in [0.15, 0.2) is 146 Å². The van der Waals surface area contributed by atoms with E-state index in [1.54, 1.807) is 54.6 Å². The van der Waals surface area contributed by atoms with Gasteiger partial charge < -0.3 is 18.9 Å². The summed E-state index contributed by atoms with van der Waals surface area (Å²) in [5, 5.41) is 0. The molecule has 1 heterocycles. The number of hydrogen-bond donors (Lipinski definition) is 0. The Hall–Kier alpha value is -6.08. The Morgan fingerprint density at radius 2 is 0.804 bits per heavy atom. The molecule has 0 N–H and O–H groups in total. The molecule has 0 saturated carbocycles. The first-order valence-corrected chi connectivity index (χ1v) is 14.9. The van der Waals surface area contributed by atoms with Gasteiger partial charge in [0, 0.05) is 18.2 Å². The van der Waals surface area contributed by atoms with Gasteiger partial charge >= 0.3 is 0 Å². The SMILES string of the molecule is Cc1ccc(Oc2cccc(Oc3cccc(Oc4cccc(Oc5ccc(N6C(=O)C7C=CC=CC7C6=O)cc5)c4)c3)c2)cc1. The van der Waals surface area contributed by atoms with Gasteiger partial charge in [0.1, 0.15) is 46.0 Å². The second kappa shape index (κ2) is 12.5. The molecule has 0 radical (unpaired) electrons. The smallest absolute Gasteiger partial charge is 0.241 e. The zero-order chi connectivity index (χ0) is 31.5. The van der Waals surface area contributed by atoms with Gasteiger partial charge in [0.25, 0.3) is 0 Å². The topological polar surface area (TPSA) is 74.3 Å². The van der Waals surface area contributed by atoms with Crippen LogP contribution in [0.2, 0.25) is 0 Å². The van der Waals surface area contributed by atoms with Crippen molar-refractivity contribution in [2.24, 2.45) is 11.8 Å². The van der Waals surface area contributed by atoms with Gasteiger partial charge in [0.15, 0.2) is 0 Å². The average molecular weight is 608 g/mol. The highest BCUT2D eigenvalue weighted by molar-refractivity contribution is 6.23. The molecule has 2 atom stereocenters. The van der Waals surface area contributed by atoms with Crippen LogP contribution in [0.25, 0.3) is 0 Å². The van der Waals surface area contributed by atoms with Crippen molar-refractivity contribution in [3.63, 3.8) is 0 Å². The van der Waals surface area contributed by atoms with E-state index in [-0.39, 0.29) is 11.8 Å². The quantitative estimate of drug-likeness (QED) is 0.155. The van der Waals surface area contributed by atoms with Crippen LogP contribution in [0.4, 0.5) is 5.69 Å². The second-order valence-corrected chi connectivity index (χ2v) is 11.0. The zero-order valence-corrected chi connectivity index (χ0v) is 24.9. The molecule has 7 rings (SSSR count). The van der Waals surface area contributed by atoms with E-state index in [0.717, 1.165) is 5.75 Å². The molecule has 7 nitrogen and oxygen atoms in total. The normalized spacial score (nSPS) is 16.7. The Morgan fingerprint density at radius 1 is 0.457 bits per heavy atom. The Bertz CT molecular complexity index is 1930. The number of anilines is 1. The fourth-order valence-electron chi connectivity index (χ4n) is 5.36. The molecule has 2 unspecified atom stereocenters. The Labute approximate surface area is 266 Å². The number of ether oxygens (including phenoxy) is 4. The summed E-state index contributed by atoms with van der Waals surface area (Å²) >= 11 is 0. The lowest BCUT2D eigenvalue weighted by atomic mass is 9.91. The van der Waals surface area contributed by atoms with Crippen LogP contribution in [0.5, 0.6) is 46.0 Å². The number of nitrogens with zero attached hydrogens (tertiary/aromatic N) is 1. The minimum atomic E-state index is -0.446. The minimum absolute atomic E-state index is 0.218. The van der Waals surface area contributed by atoms with Crippen molar-refractivity contribution in [1.82, 2.24) is 0 Å². The Morgan fingerprint density at radius 3 is 1.20 bits per heavy atom. The van der Waals surface area contributed by atoms with Gasteiger partial charge in [-0.1, -0.05) is 60.2 Å². The molecule has 1 fully saturated rings. The Kier molecular flexibility index (Phi) is 7.79. The molecule has 1 aliphatic carbocycles. The van der Waals surface area contributed by atoms with E-state index in [9.17, 15) is 9.59 Å². The van der Waals surface area contributed by atoms with E-state index in [4.69, 9.17) is 18.9 Å². The molecule has 5 aromatic carbocycles. The standard InChI is InChI=1S/C39H29NO6/c1-26-15-19-28(20-16-26)43-30-7-4-9-32(23-30)45-34-11-6-12-35(25-34)46-33-10-5-8-31(24-33)44-29-21-17-27(18-22-29)40-38(41)36-13-2-3-14-37(36)39(40)42/h2-25,36-37H,1H3. The van der Waals surface area contributed by atoms with Crippen molar-refractivity contribution in [3.05, 3.63) is 151 Å². The summed E-state index contributed by atoms with van der Waals surface area (Å²) in [4.78, 5) is 27.0. The summed E-state index contributed by atoms with van der Waals surface area (Å²) in [6, 6.07) is 36.9. The molecule has 0 aromatic heterocycles. The van der Waals surface area contributed by atoms with Crippen molar-refractivity contribution in [3.8, 4) is 46.0 Å². The van der Waals surface area contributed by atoms with Gasteiger partial charge in [-0.15, -0.1) is 0 Å². The number of amides is 2. The number of benzene rings is 5.